The zero-order valence-corrected chi connectivity index (χ0v) is 11.5. The molecular weight excluding hydrogens is 222 g/mol. The molecule has 2 unspecified atom stereocenters. The van der Waals surface area contributed by atoms with Gasteiger partial charge in [-0.05, 0) is 49.4 Å². The van der Waals surface area contributed by atoms with E-state index in [9.17, 15) is 0 Å². The first kappa shape index (κ1) is 12.0. The first-order valence-corrected chi connectivity index (χ1v) is 7.39. The quantitative estimate of drug-likeness (QED) is 0.878. The third kappa shape index (κ3) is 1.93. The smallest absolute Gasteiger partial charge is 0.125 e. The standard InChI is InChI=1S/C16H23NO/c1-3-6-14-16(17-4-2)13-9-11-7-5-8-12(11)10-15(13)18-14/h9-10,14,16-17H,3-8H2,1-2H3. The SMILES string of the molecule is CCCC1Oc2cc3c(cc2C1NCC)CCC3. The number of hydrogen-bond acceptors (Lipinski definition) is 2. The van der Waals surface area contributed by atoms with Gasteiger partial charge in [-0.1, -0.05) is 26.3 Å². The number of aryl methyl sites for hydroxylation is 2. The summed E-state index contributed by atoms with van der Waals surface area (Å²) in [6, 6.07) is 5.11. The third-order valence-corrected chi connectivity index (χ3v) is 4.21. The van der Waals surface area contributed by atoms with Crippen molar-refractivity contribution in [2.75, 3.05) is 6.54 Å². The summed E-state index contributed by atoms with van der Waals surface area (Å²) in [7, 11) is 0. The second kappa shape index (κ2) is 4.93. The minimum atomic E-state index is 0.326. The van der Waals surface area contributed by atoms with Gasteiger partial charge < -0.3 is 10.1 Å². The van der Waals surface area contributed by atoms with E-state index in [1.54, 1.807) is 5.56 Å². The van der Waals surface area contributed by atoms with E-state index in [1.807, 2.05) is 0 Å². The third-order valence-electron chi connectivity index (χ3n) is 4.21. The van der Waals surface area contributed by atoms with Crippen LogP contribution in [0.4, 0.5) is 0 Å². The van der Waals surface area contributed by atoms with Gasteiger partial charge >= 0.3 is 0 Å². The highest BCUT2D eigenvalue weighted by Crippen LogP contribution is 2.41. The van der Waals surface area contributed by atoms with Gasteiger partial charge in [0.05, 0.1) is 6.04 Å². The second-order valence-corrected chi connectivity index (χ2v) is 5.49. The zero-order chi connectivity index (χ0) is 12.5. The molecule has 2 heteroatoms. The lowest BCUT2D eigenvalue weighted by atomic mass is 9.97. The van der Waals surface area contributed by atoms with E-state index in [-0.39, 0.29) is 0 Å². The van der Waals surface area contributed by atoms with Gasteiger partial charge in [-0.15, -0.1) is 0 Å². The van der Waals surface area contributed by atoms with Gasteiger partial charge in [0.2, 0.25) is 0 Å². The Morgan fingerprint density at radius 2 is 2.00 bits per heavy atom. The molecule has 1 aromatic carbocycles. The fourth-order valence-corrected chi connectivity index (χ4v) is 3.37. The van der Waals surface area contributed by atoms with E-state index in [4.69, 9.17) is 4.74 Å². The molecule has 0 spiro atoms. The van der Waals surface area contributed by atoms with E-state index < -0.39 is 0 Å². The van der Waals surface area contributed by atoms with Gasteiger partial charge in [0.25, 0.3) is 0 Å². The van der Waals surface area contributed by atoms with E-state index in [0.29, 0.717) is 12.1 Å². The molecule has 2 nitrogen and oxygen atoms in total. The monoisotopic (exact) mass is 245 g/mol. The Morgan fingerprint density at radius 3 is 2.72 bits per heavy atom. The molecule has 1 aliphatic carbocycles. The van der Waals surface area contributed by atoms with Gasteiger partial charge in [0.1, 0.15) is 11.9 Å². The van der Waals surface area contributed by atoms with Gasteiger partial charge in [0, 0.05) is 5.56 Å². The Morgan fingerprint density at radius 1 is 1.22 bits per heavy atom. The number of fused-ring (bicyclic) bond motifs is 2. The van der Waals surface area contributed by atoms with Gasteiger partial charge in [0.15, 0.2) is 0 Å². The average Bonchev–Trinajstić information content (AvgIpc) is 2.93. The summed E-state index contributed by atoms with van der Waals surface area (Å²) in [4.78, 5) is 0. The molecule has 2 aliphatic rings. The lowest BCUT2D eigenvalue weighted by Gasteiger charge is -2.19. The van der Waals surface area contributed by atoms with E-state index in [0.717, 1.165) is 18.7 Å². The summed E-state index contributed by atoms with van der Waals surface area (Å²) in [5, 5.41) is 3.60. The van der Waals surface area contributed by atoms with Gasteiger partial charge in [-0.2, -0.15) is 0 Å². The number of rotatable bonds is 4. The van der Waals surface area contributed by atoms with Crippen molar-refractivity contribution in [1.29, 1.82) is 0 Å². The van der Waals surface area contributed by atoms with Crippen LogP contribution in [0.5, 0.6) is 5.75 Å². The average molecular weight is 245 g/mol. The number of benzene rings is 1. The van der Waals surface area contributed by atoms with Crippen molar-refractivity contribution in [2.45, 2.75) is 58.1 Å². The topological polar surface area (TPSA) is 21.3 Å². The number of ether oxygens (including phenoxy) is 1. The predicted octanol–water partition coefficient (Wildman–Crippen LogP) is 3.39. The molecule has 0 bridgehead atoms. The highest BCUT2D eigenvalue weighted by atomic mass is 16.5. The van der Waals surface area contributed by atoms with Crippen molar-refractivity contribution in [3.63, 3.8) is 0 Å². The molecule has 2 atom stereocenters. The summed E-state index contributed by atoms with van der Waals surface area (Å²) in [6.07, 6.45) is 6.43. The Bertz CT molecular complexity index is 441. The van der Waals surface area contributed by atoms with Crippen LogP contribution in [-0.2, 0) is 12.8 Å². The van der Waals surface area contributed by atoms with Crippen LogP contribution in [0.2, 0.25) is 0 Å². The summed E-state index contributed by atoms with van der Waals surface area (Å²) in [5.74, 6) is 1.14. The van der Waals surface area contributed by atoms with Crippen molar-refractivity contribution in [3.8, 4) is 5.75 Å². The maximum Gasteiger partial charge on any atom is 0.125 e. The zero-order valence-electron chi connectivity index (χ0n) is 11.5. The Hall–Kier alpha value is -1.02. The molecule has 98 valence electrons. The summed E-state index contributed by atoms with van der Waals surface area (Å²) >= 11 is 0. The fourth-order valence-electron chi connectivity index (χ4n) is 3.37. The lowest BCUT2D eigenvalue weighted by molar-refractivity contribution is 0.179. The first-order chi connectivity index (χ1) is 8.83. The number of hydrogen-bond donors (Lipinski definition) is 1. The summed E-state index contributed by atoms with van der Waals surface area (Å²) < 4.78 is 6.18. The second-order valence-electron chi connectivity index (χ2n) is 5.49. The molecule has 0 radical (unpaired) electrons. The molecule has 1 aliphatic heterocycles. The van der Waals surface area contributed by atoms with Crippen LogP contribution in [0.3, 0.4) is 0 Å². The molecule has 0 fully saturated rings. The molecule has 18 heavy (non-hydrogen) atoms. The van der Waals surface area contributed by atoms with E-state index in [2.05, 4.69) is 31.3 Å². The first-order valence-electron chi connectivity index (χ1n) is 7.39. The maximum atomic E-state index is 6.18. The largest absolute Gasteiger partial charge is 0.488 e. The molecule has 0 saturated heterocycles. The van der Waals surface area contributed by atoms with Crippen molar-refractivity contribution in [2.24, 2.45) is 0 Å². The van der Waals surface area contributed by atoms with E-state index in [1.165, 1.54) is 36.8 Å². The molecule has 0 saturated carbocycles. The van der Waals surface area contributed by atoms with Crippen molar-refractivity contribution >= 4 is 0 Å². The van der Waals surface area contributed by atoms with Crippen LogP contribution in [0.1, 0.15) is 55.8 Å². The van der Waals surface area contributed by atoms with Crippen LogP contribution in [0.25, 0.3) is 0 Å². The molecule has 0 aromatic heterocycles. The number of likely N-dealkylation sites (N-methyl/N-ethyl adjacent to an activating group) is 1. The van der Waals surface area contributed by atoms with Gasteiger partial charge in [-0.3, -0.25) is 0 Å². The summed E-state index contributed by atoms with van der Waals surface area (Å²) in [6.45, 7) is 5.41. The molecule has 1 heterocycles. The van der Waals surface area contributed by atoms with E-state index >= 15 is 0 Å². The van der Waals surface area contributed by atoms with Crippen LogP contribution in [0.15, 0.2) is 12.1 Å². The minimum Gasteiger partial charge on any atom is -0.488 e. The lowest BCUT2D eigenvalue weighted by Crippen LogP contribution is -2.30. The fraction of sp³-hybridized carbons (Fsp3) is 0.625. The highest BCUT2D eigenvalue weighted by molar-refractivity contribution is 5.49. The Balaban J connectivity index is 1.93. The summed E-state index contributed by atoms with van der Waals surface area (Å²) in [5.41, 5.74) is 4.47. The van der Waals surface area contributed by atoms with Crippen LogP contribution < -0.4 is 10.1 Å². The van der Waals surface area contributed by atoms with Crippen molar-refractivity contribution < 1.29 is 4.74 Å². The van der Waals surface area contributed by atoms with Crippen LogP contribution in [0, 0.1) is 0 Å². The Kier molecular flexibility index (Phi) is 3.29. The Labute approximate surface area is 110 Å². The number of nitrogens with one attached hydrogen (secondary N) is 1. The molecule has 1 aromatic rings. The normalized spacial score (nSPS) is 24.8. The molecule has 1 N–H and O–H groups in total. The molecule has 3 rings (SSSR count). The molecular formula is C16H23NO. The predicted molar refractivity (Wildman–Crippen MR) is 74.2 cm³/mol. The minimum absolute atomic E-state index is 0.326. The van der Waals surface area contributed by atoms with Crippen LogP contribution >= 0.6 is 0 Å². The molecule has 0 amide bonds. The van der Waals surface area contributed by atoms with Gasteiger partial charge in [-0.25, -0.2) is 0 Å². The van der Waals surface area contributed by atoms with Crippen molar-refractivity contribution in [3.05, 3.63) is 28.8 Å². The maximum absolute atomic E-state index is 6.18. The van der Waals surface area contributed by atoms with Crippen molar-refractivity contribution in [1.82, 2.24) is 5.32 Å². The van der Waals surface area contributed by atoms with Crippen LogP contribution in [-0.4, -0.2) is 12.6 Å². The highest BCUT2D eigenvalue weighted by Gasteiger charge is 2.34.